The summed E-state index contributed by atoms with van der Waals surface area (Å²) >= 11 is 5.98. The monoisotopic (exact) mass is 391 g/mol. The van der Waals surface area contributed by atoms with E-state index in [0.29, 0.717) is 23.9 Å². The van der Waals surface area contributed by atoms with Crippen molar-refractivity contribution < 1.29 is 9.53 Å². The van der Waals surface area contributed by atoms with Gasteiger partial charge >= 0.3 is 5.97 Å². The third-order valence-electron chi connectivity index (χ3n) is 4.48. The Hall–Kier alpha value is -3.18. The van der Waals surface area contributed by atoms with Crippen LogP contribution >= 0.6 is 11.6 Å². The Morgan fingerprint density at radius 1 is 1.11 bits per heavy atom. The van der Waals surface area contributed by atoms with Gasteiger partial charge in [-0.05, 0) is 65.9 Å². The zero-order chi connectivity index (χ0) is 19.5. The molecule has 3 aromatic heterocycles. The minimum atomic E-state index is -0.413. The molecule has 0 spiro atoms. The number of aromatic nitrogens is 3. The van der Waals surface area contributed by atoms with Gasteiger partial charge in [0.25, 0.3) is 0 Å². The predicted molar refractivity (Wildman–Crippen MR) is 109 cm³/mol. The molecule has 0 radical (unpaired) electrons. The highest BCUT2D eigenvalue weighted by atomic mass is 35.5. The van der Waals surface area contributed by atoms with E-state index in [2.05, 4.69) is 34.3 Å². The van der Waals surface area contributed by atoms with Crippen LogP contribution in [0.25, 0.3) is 16.6 Å². The van der Waals surface area contributed by atoms with Gasteiger partial charge in [-0.15, -0.1) is 0 Å². The molecule has 4 rings (SSSR count). The number of halogens is 1. The summed E-state index contributed by atoms with van der Waals surface area (Å²) in [7, 11) is 0. The van der Waals surface area contributed by atoms with E-state index in [1.807, 2.05) is 36.5 Å². The predicted octanol–water partition coefficient (Wildman–Crippen LogP) is 4.82. The SMILES string of the molecule is CCOC(=O)c1cc(Cc2ccc(-c3ccnc(Cl)c3)cc2)c2cccn2n1. The number of pyridine rings is 1. The molecule has 0 atom stereocenters. The van der Waals surface area contributed by atoms with Crippen molar-refractivity contribution in [3.8, 4) is 11.1 Å². The standard InChI is InChI=1S/C22H18ClN3O2/c1-2-28-22(27)19-13-18(20-4-3-11-26(20)25-19)12-15-5-7-16(8-6-15)17-9-10-24-21(23)14-17/h3-11,13-14H,2,12H2,1H3. The lowest BCUT2D eigenvalue weighted by Crippen LogP contribution is -2.11. The summed E-state index contributed by atoms with van der Waals surface area (Å²) in [5, 5.41) is 4.81. The number of fused-ring (bicyclic) bond motifs is 1. The molecule has 4 aromatic rings. The van der Waals surface area contributed by atoms with Gasteiger partial charge in [-0.2, -0.15) is 5.10 Å². The molecular weight excluding hydrogens is 374 g/mol. The summed E-state index contributed by atoms with van der Waals surface area (Å²) < 4.78 is 6.82. The van der Waals surface area contributed by atoms with E-state index in [9.17, 15) is 4.79 Å². The zero-order valence-electron chi connectivity index (χ0n) is 15.3. The van der Waals surface area contributed by atoms with Crippen molar-refractivity contribution in [2.45, 2.75) is 13.3 Å². The van der Waals surface area contributed by atoms with Gasteiger partial charge in [0.2, 0.25) is 0 Å². The van der Waals surface area contributed by atoms with Gasteiger partial charge in [0.1, 0.15) is 5.15 Å². The molecule has 3 heterocycles. The first kappa shape index (κ1) is 18.2. The summed E-state index contributed by atoms with van der Waals surface area (Å²) in [5.41, 5.74) is 5.52. The van der Waals surface area contributed by atoms with Gasteiger partial charge in [0.15, 0.2) is 5.69 Å². The minimum Gasteiger partial charge on any atom is -0.461 e. The van der Waals surface area contributed by atoms with Gasteiger partial charge in [-0.25, -0.2) is 14.3 Å². The van der Waals surface area contributed by atoms with E-state index < -0.39 is 5.97 Å². The van der Waals surface area contributed by atoms with Crippen LogP contribution in [0.5, 0.6) is 0 Å². The molecule has 0 N–H and O–H groups in total. The van der Waals surface area contributed by atoms with Gasteiger partial charge in [0.05, 0.1) is 12.1 Å². The average molecular weight is 392 g/mol. The minimum absolute atomic E-state index is 0.309. The molecule has 0 bridgehead atoms. The summed E-state index contributed by atoms with van der Waals surface area (Å²) in [6, 6.07) is 17.8. The average Bonchev–Trinajstić information content (AvgIpc) is 3.18. The molecule has 0 aliphatic heterocycles. The maximum absolute atomic E-state index is 12.1. The summed E-state index contributed by atoms with van der Waals surface area (Å²) in [4.78, 5) is 16.1. The number of esters is 1. The molecule has 0 aliphatic carbocycles. The van der Waals surface area contributed by atoms with Gasteiger partial charge < -0.3 is 4.74 Å². The van der Waals surface area contributed by atoms with Crippen molar-refractivity contribution in [3.63, 3.8) is 0 Å². The van der Waals surface area contributed by atoms with Crippen molar-refractivity contribution in [3.05, 3.63) is 89.0 Å². The Balaban J connectivity index is 1.64. The highest BCUT2D eigenvalue weighted by Gasteiger charge is 2.13. The third-order valence-corrected chi connectivity index (χ3v) is 4.68. The van der Waals surface area contributed by atoms with Gasteiger partial charge in [-0.3, -0.25) is 0 Å². The van der Waals surface area contributed by atoms with E-state index in [4.69, 9.17) is 16.3 Å². The van der Waals surface area contributed by atoms with Crippen LogP contribution in [-0.2, 0) is 11.2 Å². The fourth-order valence-corrected chi connectivity index (χ4v) is 3.33. The van der Waals surface area contributed by atoms with Crippen molar-refractivity contribution in [2.24, 2.45) is 0 Å². The molecule has 6 heteroatoms. The molecule has 0 saturated carbocycles. The summed E-state index contributed by atoms with van der Waals surface area (Å²) in [6.07, 6.45) is 4.21. The maximum atomic E-state index is 12.1. The number of hydrogen-bond donors (Lipinski definition) is 0. The summed E-state index contributed by atoms with van der Waals surface area (Å²) in [5.74, 6) is -0.413. The Kier molecular flexibility index (Phi) is 5.08. The van der Waals surface area contributed by atoms with Crippen LogP contribution in [-0.4, -0.2) is 27.2 Å². The Labute approximate surface area is 167 Å². The maximum Gasteiger partial charge on any atom is 0.358 e. The smallest absolute Gasteiger partial charge is 0.358 e. The van der Waals surface area contributed by atoms with Gasteiger partial charge in [0, 0.05) is 12.4 Å². The number of hydrogen-bond acceptors (Lipinski definition) is 4. The molecule has 28 heavy (non-hydrogen) atoms. The molecule has 0 saturated heterocycles. The largest absolute Gasteiger partial charge is 0.461 e. The van der Waals surface area contributed by atoms with E-state index in [0.717, 1.165) is 27.8 Å². The lowest BCUT2D eigenvalue weighted by Gasteiger charge is -2.09. The molecule has 0 fully saturated rings. The van der Waals surface area contributed by atoms with Crippen molar-refractivity contribution >= 4 is 23.1 Å². The van der Waals surface area contributed by atoms with Gasteiger partial charge in [-0.1, -0.05) is 35.9 Å². The fraction of sp³-hybridized carbons (Fsp3) is 0.136. The first-order chi connectivity index (χ1) is 13.6. The molecule has 5 nitrogen and oxygen atoms in total. The van der Waals surface area contributed by atoms with E-state index >= 15 is 0 Å². The van der Waals surface area contributed by atoms with E-state index in [-0.39, 0.29) is 0 Å². The molecular formula is C22H18ClN3O2. The zero-order valence-corrected chi connectivity index (χ0v) is 16.1. The molecule has 0 unspecified atom stereocenters. The first-order valence-electron chi connectivity index (χ1n) is 8.99. The van der Waals surface area contributed by atoms with E-state index in [1.165, 1.54) is 0 Å². The number of rotatable bonds is 5. The Morgan fingerprint density at radius 3 is 2.68 bits per heavy atom. The number of ether oxygens (including phenoxy) is 1. The number of carbonyl (C=O) groups excluding carboxylic acids is 1. The van der Waals surface area contributed by atoms with Crippen LogP contribution < -0.4 is 0 Å². The molecule has 0 aliphatic rings. The summed E-state index contributed by atoms with van der Waals surface area (Å²) in [6.45, 7) is 2.10. The Morgan fingerprint density at radius 2 is 1.93 bits per heavy atom. The lowest BCUT2D eigenvalue weighted by atomic mass is 10.0. The molecule has 0 amide bonds. The highest BCUT2D eigenvalue weighted by molar-refractivity contribution is 6.29. The first-order valence-corrected chi connectivity index (χ1v) is 9.37. The second kappa shape index (κ2) is 7.82. The van der Waals surface area contributed by atoms with Crippen LogP contribution in [0.2, 0.25) is 5.15 Å². The van der Waals surface area contributed by atoms with Crippen LogP contribution in [0.1, 0.15) is 28.5 Å². The van der Waals surface area contributed by atoms with Crippen LogP contribution in [0.3, 0.4) is 0 Å². The van der Waals surface area contributed by atoms with Crippen molar-refractivity contribution in [2.75, 3.05) is 6.61 Å². The van der Waals surface area contributed by atoms with Crippen LogP contribution in [0, 0.1) is 0 Å². The second-order valence-electron chi connectivity index (χ2n) is 6.35. The number of nitrogens with zero attached hydrogens (tertiary/aromatic N) is 3. The number of carbonyl (C=O) groups is 1. The Bertz CT molecular complexity index is 1140. The molecule has 140 valence electrons. The van der Waals surface area contributed by atoms with Crippen molar-refractivity contribution in [1.82, 2.24) is 14.6 Å². The fourth-order valence-electron chi connectivity index (χ4n) is 3.16. The normalized spacial score (nSPS) is 10.9. The molecule has 1 aromatic carbocycles. The third kappa shape index (κ3) is 3.75. The van der Waals surface area contributed by atoms with Crippen molar-refractivity contribution in [1.29, 1.82) is 0 Å². The van der Waals surface area contributed by atoms with Crippen LogP contribution in [0.15, 0.2) is 67.0 Å². The van der Waals surface area contributed by atoms with Crippen LogP contribution in [0.4, 0.5) is 0 Å². The highest BCUT2D eigenvalue weighted by Crippen LogP contribution is 2.23. The quantitative estimate of drug-likeness (QED) is 0.361. The topological polar surface area (TPSA) is 56.5 Å². The lowest BCUT2D eigenvalue weighted by molar-refractivity contribution is 0.0517. The second-order valence-corrected chi connectivity index (χ2v) is 6.74. The van der Waals surface area contributed by atoms with E-state index in [1.54, 1.807) is 17.6 Å². The number of benzene rings is 1.